The Morgan fingerprint density at radius 1 is 0.967 bits per heavy atom. The van der Waals surface area contributed by atoms with Gasteiger partial charge < -0.3 is 9.47 Å². The van der Waals surface area contributed by atoms with Crippen LogP contribution in [0.15, 0.2) is 27.3 Å². The maximum atomic E-state index is 14.1. The first-order valence-corrected chi connectivity index (χ1v) is 8.96. The van der Waals surface area contributed by atoms with Crippen molar-refractivity contribution in [3.05, 3.63) is 56.8 Å². The lowest BCUT2D eigenvalue weighted by molar-refractivity contribution is -0.114. The first kappa shape index (κ1) is 21.8. The maximum Gasteiger partial charge on any atom is 0.280 e. The van der Waals surface area contributed by atoms with Crippen LogP contribution in [0, 0.1) is 29.1 Å². The lowest BCUT2D eigenvalue weighted by Crippen LogP contribution is -2.25. The molecular formula is C19H12BrF5N2O3. The van der Waals surface area contributed by atoms with Gasteiger partial charge in [0.2, 0.25) is 5.82 Å². The normalized spacial score (nSPS) is 15.1. The Morgan fingerprint density at radius 2 is 1.53 bits per heavy atom. The van der Waals surface area contributed by atoms with E-state index in [9.17, 15) is 26.7 Å². The monoisotopic (exact) mass is 490 g/mol. The van der Waals surface area contributed by atoms with Crippen molar-refractivity contribution in [3.63, 3.8) is 0 Å². The number of carbonyl (C=O) groups excluding carboxylic acids is 1. The molecule has 0 bridgehead atoms. The summed E-state index contributed by atoms with van der Waals surface area (Å²) in [5.74, 6) is -11.3. The van der Waals surface area contributed by atoms with E-state index >= 15 is 0 Å². The van der Waals surface area contributed by atoms with E-state index in [1.165, 1.54) is 33.3 Å². The zero-order chi connectivity index (χ0) is 22.3. The number of halogens is 6. The highest BCUT2D eigenvalue weighted by Gasteiger charge is 2.37. The highest BCUT2D eigenvalue weighted by atomic mass is 79.9. The van der Waals surface area contributed by atoms with Gasteiger partial charge >= 0.3 is 0 Å². The number of carbonyl (C=O) groups is 1. The molecule has 11 heteroatoms. The van der Waals surface area contributed by atoms with Crippen LogP contribution in [0.4, 0.5) is 27.6 Å². The maximum absolute atomic E-state index is 14.1. The van der Waals surface area contributed by atoms with Gasteiger partial charge in [-0.3, -0.25) is 4.79 Å². The first-order valence-electron chi connectivity index (χ1n) is 8.17. The van der Waals surface area contributed by atoms with Crippen LogP contribution in [0.5, 0.6) is 11.5 Å². The SMILES string of the molecule is COc1cc(/C=C2\C(=O)N(c3c(F)c(F)c(F)c(F)c3F)N=C2C)cc(Br)c1OC. The van der Waals surface area contributed by atoms with Crippen LogP contribution < -0.4 is 14.5 Å². The zero-order valence-corrected chi connectivity index (χ0v) is 17.2. The number of anilines is 1. The van der Waals surface area contributed by atoms with Crippen LogP contribution in [0.25, 0.3) is 6.08 Å². The van der Waals surface area contributed by atoms with Gasteiger partial charge in [0.25, 0.3) is 5.91 Å². The summed E-state index contributed by atoms with van der Waals surface area (Å²) in [5, 5.41) is 3.82. The molecular weight excluding hydrogens is 479 g/mol. The van der Waals surface area contributed by atoms with E-state index in [0.29, 0.717) is 21.5 Å². The molecule has 0 spiro atoms. The van der Waals surface area contributed by atoms with Gasteiger partial charge in [-0.1, -0.05) is 0 Å². The van der Waals surface area contributed by atoms with Crippen molar-refractivity contribution in [2.75, 3.05) is 19.2 Å². The Balaban J connectivity index is 2.09. The number of hydrogen-bond donors (Lipinski definition) is 0. The molecule has 0 saturated heterocycles. The minimum atomic E-state index is -2.33. The van der Waals surface area contributed by atoms with E-state index in [-0.39, 0.29) is 16.3 Å². The van der Waals surface area contributed by atoms with Crippen LogP contribution >= 0.6 is 15.9 Å². The summed E-state index contributed by atoms with van der Waals surface area (Å²) < 4.78 is 79.4. The van der Waals surface area contributed by atoms with Gasteiger partial charge in [-0.15, -0.1) is 0 Å². The second kappa shape index (κ2) is 8.05. The van der Waals surface area contributed by atoms with E-state index in [2.05, 4.69) is 21.0 Å². The molecule has 3 rings (SSSR count). The summed E-state index contributed by atoms with van der Waals surface area (Å²) in [6, 6.07) is 3.11. The summed E-state index contributed by atoms with van der Waals surface area (Å²) >= 11 is 3.29. The molecule has 0 N–H and O–H groups in total. The molecule has 0 unspecified atom stereocenters. The first-order chi connectivity index (χ1) is 14.1. The predicted molar refractivity (Wildman–Crippen MR) is 102 cm³/mol. The minimum absolute atomic E-state index is 0.00912. The molecule has 2 aromatic carbocycles. The third-order valence-corrected chi connectivity index (χ3v) is 4.82. The van der Waals surface area contributed by atoms with Gasteiger partial charge in [-0.25, -0.2) is 22.0 Å². The summed E-state index contributed by atoms with van der Waals surface area (Å²) in [5.41, 5.74) is -1.13. The molecule has 2 aromatic rings. The smallest absolute Gasteiger partial charge is 0.280 e. The number of ether oxygens (including phenoxy) is 2. The third-order valence-electron chi connectivity index (χ3n) is 4.23. The van der Waals surface area contributed by atoms with Crippen molar-refractivity contribution >= 4 is 39.3 Å². The Labute approximate surface area is 175 Å². The van der Waals surface area contributed by atoms with Crippen molar-refractivity contribution in [3.8, 4) is 11.5 Å². The molecule has 1 amide bonds. The molecule has 0 radical (unpaired) electrons. The molecule has 158 valence electrons. The topological polar surface area (TPSA) is 51.1 Å². The molecule has 0 aromatic heterocycles. The molecule has 5 nitrogen and oxygen atoms in total. The number of methoxy groups -OCH3 is 2. The van der Waals surface area contributed by atoms with Crippen molar-refractivity contribution in [1.29, 1.82) is 0 Å². The third kappa shape index (κ3) is 3.42. The van der Waals surface area contributed by atoms with Crippen LogP contribution in [0.3, 0.4) is 0 Å². The molecule has 0 aliphatic carbocycles. The van der Waals surface area contributed by atoms with Crippen LogP contribution in [0.1, 0.15) is 12.5 Å². The van der Waals surface area contributed by atoms with Gasteiger partial charge in [-0.05, 0) is 46.6 Å². The largest absolute Gasteiger partial charge is 0.493 e. The van der Waals surface area contributed by atoms with Crippen molar-refractivity contribution < 1.29 is 36.2 Å². The van der Waals surface area contributed by atoms with E-state index in [1.54, 1.807) is 6.07 Å². The van der Waals surface area contributed by atoms with Gasteiger partial charge in [0, 0.05) is 0 Å². The van der Waals surface area contributed by atoms with Gasteiger partial charge in [0.15, 0.2) is 34.8 Å². The number of hydrazone groups is 1. The summed E-state index contributed by atoms with van der Waals surface area (Å²) in [4.78, 5) is 12.7. The second-order valence-electron chi connectivity index (χ2n) is 6.02. The summed E-state index contributed by atoms with van der Waals surface area (Å²) in [6.07, 6.45) is 1.33. The van der Waals surface area contributed by atoms with Crippen molar-refractivity contribution in [1.82, 2.24) is 0 Å². The van der Waals surface area contributed by atoms with Crippen LogP contribution in [-0.4, -0.2) is 25.8 Å². The van der Waals surface area contributed by atoms with Gasteiger partial charge in [0.1, 0.15) is 5.69 Å². The van der Waals surface area contributed by atoms with E-state index in [0.717, 1.165) is 0 Å². The standard InChI is InChI=1S/C19H12BrF5N2O3/c1-7-9(4-8-5-10(20)18(30-3)11(6-8)29-2)19(28)27(26-7)17-15(24)13(22)12(21)14(23)16(17)25/h4-6H,1-3H3/b9-4-. The molecule has 0 atom stereocenters. The molecule has 1 aliphatic rings. The fraction of sp³-hybridized carbons (Fsp3) is 0.158. The molecule has 1 heterocycles. The zero-order valence-electron chi connectivity index (χ0n) is 15.6. The van der Waals surface area contributed by atoms with Gasteiger partial charge in [-0.2, -0.15) is 10.1 Å². The number of nitrogens with zero attached hydrogens (tertiary/aromatic N) is 2. The van der Waals surface area contributed by atoms with E-state index in [4.69, 9.17) is 9.47 Å². The van der Waals surface area contributed by atoms with E-state index < -0.39 is 40.7 Å². The highest BCUT2D eigenvalue weighted by molar-refractivity contribution is 9.10. The minimum Gasteiger partial charge on any atom is -0.493 e. The quantitative estimate of drug-likeness (QED) is 0.263. The van der Waals surface area contributed by atoms with Crippen LogP contribution in [0.2, 0.25) is 0 Å². The lowest BCUT2D eigenvalue weighted by Gasteiger charge is -2.15. The summed E-state index contributed by atoms with van der Waals surface area (Å²) in [7, 11) is 2.83. The second-order valence-corrected chi connectivity index (χ2v) is 6.87. The predicted octanol–water partition coefficient (Wildman–Crippen LogP) is 4.97. The van der Waals surface area contributed by atoms with Crippen LogP contribution in [-0.2, 0) is 4.79 Å². The Kier molecular flexibility index (Phi) is 5.84. The Hall–Kier alpha value is -2.95. The Bertz CT molecular complexity index is 1100. The van der Waals surface area contributed by atoms with Gasteiger partial charge in [0.05, 0.1) is 30.0 Å². The lowest BCUT2D eigenvalue weighted by atomic mass is 10.1. The average molecular weight is 491 g/mol. The molecule has 0 fully saturated rings. The molecule has 30 heavy (non-hydrogen) atoms. The molecule has 1 aliphatic heterocycles. The fourth-order valence-electron chi connectivity index (χ4n) is 2.80. The number of hydrogen-bond acceptors (Lipinski definition) is 4. The van der Waals surface area contributed by atoms with E-state index in [1.807, 2.05) is 0 Å². The molecule has 0 saturated carbocycles. The fourth-order valence-corrected chi connectivity index (χ4v) is 3.42. The summed E-state index contributed by atoms with van der Waals surface area (Å²) in [6.45, 7) is 1.35. The van der Waals surface area contributed by atoms with Crippen molar-refractivity contribution in [2.24, 2.45) is 5.10 Å². The number of benzene rings is 2. The Morgan fingerprint density at radius 3 is 2.07 bits per heavy atom. The highest BCUT2D eigenvalue weighted by Crippen LogP contribution is 2.38. The number of rotatable bonds is 4. The average Bonchev–Trinajstić information content (AvgIpc) is 2.98. The van der Waals surface area contributed by atoms with Crippen molar-refractivity contribution in [2.45, 2.75) is 6.92 Å². The number of amides is 1.